The first-order chi connectivity index (χ1) is 10.2. The van der Waals surface area contributed by atoms with Crippen molar-refractivity contribution in [1.82, 2.24) is 10.3 Å². The molecule has 1 aromatic carbocycles. The van der Waals surface area contributed by atoms with Crippen molar-refractivity contribution in [3.8, 4) is 0 Å². The van der Waals surface area contributed by atoms with Gasteiger partial charge in [0, 0.05) is 29.8 Å². The summed E-state index contributed by atoms with van der Waals surface area (Å²) >= 11 is 1.76. The van der Waals surface area contributed by atoms with Crippen molar-refractivity contribution in [2.45, 2.75) is 51.0 Å². The van der Waals surface area contributed by atoms with Crippen LogP contribution in [-0.4, -0.2) is 17.6 Å². The quantitative estimate of drug-likeness (QED) is 0.833. The van der Waals surface area contributed by atoms with Gasteiger partial charge >= 0.3 is 0 Å². The summed E-state index contributed by atoms with van der Waals surface area (Å²) in [5, 5.41) is 7.14. The summed E-state index contributed by atoms with van der Waals surface area (Å²) in [5.74, 6) is 0. The van der Waals surface area contributed by atoms with E-state index in [0.29, 0.717) is 0 Å². The van der Waals surface area contributed by atoms with Gasteiger partial charge in [0.15, 0.2) is 0 Å². The third-order valence-electron chi connectivity index (χ3n) is 4.56. The maximum atomic E-state index is 4.70. The first-order valence-electron chi connectivity index (χ1n) is 7.92. The third-order valence-corrected chi connectivity index (χ3v) is 5.38. The predicted molar refractivity (Wildman–Crippen MR) is 90.0 cm³/mol. The molecule has 0 spiro atoms. The van der Waals surface area contributed by atoms with Crippen molar-refractivity contribution < 1.29 is 0 Å². The zero-order valence-corrected chi connectivity index (χ0v) is 13.7. The SMILES string of the molecule is CCC(CNC1CC1)(Cc1csc(C)n1)c1ccccc1. The number of aryl methyl sites for hydroxylation is 1. The molecule has 1 atom stereocenters. The Morgan fingerprint density at radius 1 is 1.29 bits per heavy atom. The number of benzene rings is 1. The molecule has 1 saturated carbocycles. The molecule has 1 aliphatic rings. The molecule has 0 amide bonds. The summed E-state index contributed by atoms with van der Waals surface area (Å²) in [6, 6.07) is 11.7. The van der Waals surface area contributed by atoms with Crippen LogP contribution in [0.1, 0.15) is 42.5 Å². The molecule has 0 aliphatic heterocycles. The molecule has 2 nitrogen and oxygen atoms in total. The molecule has 21 heavy (non-hydrogen) atoms. The molecule has 112 valence electrons. The summed E-state index contributed by atoms with van der Waals surface area (Å²) in [6.07, 6.45) is 4.83. The maximum Gasteiger partial charge on any atom is 0.0897 e. The number of hydrogen-bond donors (Lipinski definition) is 1. The Kier molecular flexibility index (Phi) is 4.41. The van der Waals surface area contributed by atoms with E-state index in [0.717, 1.165) is 25.4 Å². The molecule has 1 aliphatic carbocycles. The van der Waals surface area contributed by atoms with E-state index in [1.54, 1.807) is 11.3 Å². The van der Waals surface area contributed by atoms with Gasteiger partial charge in [0.1, 0.15) is 0 Å². The van der Waals surface area contributed by atoms with Gasteiger partial charge in [-0.1, -0.05) is 37.3 Å². The molecule has 1 unspecified atom stereocenters. The zero-order chi connectivity index (χ0) is 14.7. The molecule has 3 heteroatoms. The van der Waals surface area contributed by atoms with E-state index in [1.807, 2.05) is 0 Å². The molecule has 1 fully saturated rings. The smallest absolute Gasteiger partial charge is 0.0897 e. The van der Waals surface area contributed by atoms with E-state index in [4.69, 9.17) is 4.98 Å². The fourth-order valence-electron chi connectivity index (χ4n) is 2.98. The van der Waals surface area contributed by atoms with Crippen molar-refractivity contribution >= 4 is 11.3 Å². The van der Waals surface area contributed by atoms with E-state index >= 15 is 0 Å². The van der Waals surface area contributed by atoms with Crippen molar-refractivity contribution in [2.24, 2.45) is 0 Å². The Morgan fingerprint density at radius 3 is 2.62 bits per heavy atom. The molecular weight excluding hydrogens is 276 g/mol. The van der Waals surface area contributed by atoms with Crippen LogP contribution < -0.4 is 5.32 Å². The van der Waals surface area contributed by atoms with Crippen LogP contribution in [0.25, 0.3) is 0 Å². The fraction of sp³-hybridized carbons (Fsp3) is 0.500. The van der Waals surface area contributed by atoms with Crippen LogP contribution in [0.5, 0.6) is 0 Å². The van der Waals surface area contributed by atoms with Crippen LogP contribution in [0.2, 0.25) is 0 Å². The van der Waals surface area contributed by atoms with Gasteiger partial charge in [0.25, 0.3) is 0 Å². The highest BCUT2D eigenvalue weighted by Gasteiger charge is 2.33. The standard InChI is InChI=1S/C18H24N2S/c1-3-18(13-19-16-9-10-16,15-7-5-4-6-8-15)11-17-12-21-14(2)20-17/h4-8,12,16,19H,3,9-11,13H2,1-2H3. The topological polar surface area (TPSA) is 24.9 Å². The van der Waals surface area contributed by atoms with Crippen LogP contribution in [0, 0.1) is 6.92 Å². The van der Waals surface area contributed by atoms with Gasteiger partial charge in [-0.25, -0.2) is 4.98 Å². The van der Waals surface area contributed by atoms with Gasteiger partial charge in [-0.3, -0.25) is 0 Å². The number of aromatic nitrogens is 1. The van der Waals surface area contributed by atoms with E-state index in [9.17, 15) is 0 Å². The number of nitrogens with one attached hydrogen (secondary N) is 1. The van der Waals surface area contributed by atoms with Crippen molar-refractivity contribution in [1.29, 1.82) is 0 Å². The Hall–Kier alpha value is -1.19. The van der Waals surface area contributed by atoms with E-state index in [2.05, 4.69) is 54.9 Å². The minimum atomic E-state index is 0.157. The van der Waals surface area contributed by atoms with Gasteiger partial charge < -0.3 is 5.32 Å². The number of hydrogen-bond acceptors (Lipinski definition) is 3. The predicted octanol–water partition coefficient (Wildman–Crippen LogP) is 4.09. The number of rotatable bonds is 7. The summed E-state index contributed by atoms with van der Waals surface area (Å²) in [6.45, 7) is 5.45. The van der Waals surface area contributed by atoms with Crippen molar-refractivity contribution in [3.05, 3.63) is 52.0 Å². The van der Waals surface area contributed by atoms with Crippen molar-refractivity contribution in [3.63, 3.8) is 0 Å². The minimum Gasteiger partial charge on any atom is -0.313 e. The van der Waals surface area contributed by atoms with Crippen LogP contribution in [0.3, 0.4) is 0 Å². The highest BCUT2D eigenvalue weighted by molar-refractivity contribution is 7.09. The van der Waals surface area contributed by atoms with Gasteiger partial charge in [-0.15, -0.1) is 11.3 Å². The lowest BCUT2D eigenvalue weighted by Crippen LogP contribution is -2.40. The third kappa shape index (κ3) is 3.53. The molecule has 1 N–H and O–H groups in total. The molecule has 3 rings (SSSR count). The molecule has 2 aromatic rings. The van der Waals surface area contributed by atoms with Gasteiger partial charge in [-0.05, 0) is 31.7 Å². The van der Waals surface area contributed by atoms with E-state index < -0.39 is 0 Å². The largest absolute Gasteiger partial charge is 0.313 e. The summed E-state index contributed by atoms with van der Waals surface area (Å²) < 4.78 is 0. The lowest BCUT2D eigenvalue weighted by Gasteiger charge is -2.33. The van der Waals surface area contributed by atoms with Crippen LogP contribution in [0.4, 0.5) is 0 Å². The minimum absolute atomic E-state index is 0.157. The summed E-state index contributed by atoms with van der Waals surface area (Å²) in [5.41, 5.74) is 2.83. The van der Waals surface area contributed by atoms with Gasteiger partial charge in [-0.2, -0.15) is 0 Å². The van der Waals surface area contributed by atoms with Gasteiger partial charge in [0.2, 0.25) is 0 Å². The first-order valence-corrected chi connectivity index (χ1v) is 8.80. The maximum absolute atomic E-state index is 4.70. The molecule has 0 bridgehead atoms. The Morgan fingerprint density at radius 2 is 2.05 bits per heavy atom. The van der Waals surface area contributed by atoms with Gasteiger partial charge in [0.05, 0.1) is 10.7 Å². The van der Waals surface area contributed by atoms with Crippen LogP contribution in [0.15, 0.2) is 35.7 Å². The lowest BCUT2D eigenvalue weighted by atomic mass is 9.74. The molecule has 1 heterocycles. The Bertz CT molecular complexity index is 574. The van der Waals surface area contributed by atoms with Crippen molar-refractivity contribution in [2.75, 3.05) is 6.54 Å². The highest BCUT2D eigenvalue weighted by atomic mass is 32.1. The second-order valence-corrected chi connectivity index (χ2v) is 7.25. The molecule has 1 aromatic heterocycles. The fourth-order valence-corrected chi connectivity index (χ4v) is 3.59. The average molecular weight is 300 g/mol. The Labute approximate surface area is 131 Å². The lowest BCUT2D eigenvalue weighted by molar-refractivity contribution is 0.373. The zero-order valence-electron chi connectivity index (χ0n) is 12.9. The first kappa shape index (κ1) is 14.7. The molecular formula is C18H24N2S. The van der Waals surface area contributed by atoms with Crippen LogP contribution >= 0.6 is 11.3 Å². The second-order valence-electron chi connectivity index (χ2n) is 6.19. The summed E-state index contributed by atoms with van der Waals surface area (Å²) in [7, 11) is 0. The molecule has 0 saturated heterocycles. The summed E-state index contributed by atoms with van der Waals surface area (Å²) in [4.78, 5) is 4.70. The van der Waals surface area contributed by atoms with Crippen LogP contribution in [-0.2, 0) is 11.8 Å². The second kappa shape index (κ2) is 6.29. The highest BCUT2D eigenvalue weighted by Crippen LogP contribution is 2.33. The number of nitrogens with zero attached hydrogens (tertiary/aromatic N) is 1. The molecule has 0 radical (unpaired) electrons. The normalized spacial score (nSPS) is 17.6. The Balaban J connectivity index is 1.87. The average Bonchev–Trinajstić information content (AvgIpc) is 3.26. The number of thiazole rings is 1. The van der Waals surface area contributed by atoms with E-state index in [-0.39, 0.29) is 5.41 Å². The monoisotopic (exact) mass is 300 g/mol. The van der Waals surface area contributed by atoms with E-state index in [1.165, 1.54) is 29.1 Å².